The highest BCUT2D eigenvalue weighted by Gasteiger charge is 2.33. The Morgan fingerprint density at radius 2 is 1.93 bits per heavy atom. The van der Waals surface area contributed by atoms with Crippen LogP contribution in [-0.4, -0.2) is 84.6 Å². The molecule has 1 atom stereocenters. The fourth-order valence-corrected chi connectivity index (χ4v) is 3.51. The van der Waals surface area contributed by atoms with E-state index in [9.17, 15) is 14.4 Å². The lowest BCUT2D eigenvalue weighted by Crippen LogP contribution is -2.45. The van der Waals surface area contributed by atoms with Crippen molar-refractivity contribution in [2.45, 2.75) is 26.6 Å². The standard InChI is InChI=1S/C21H29N3O5/c1-16(2)10-23-11-18(29-15-17-6-4-3-5-7-17)12-24(14-20(23)26)19(25)13-22-8-9-28-21(22)27/h3-7,16,18H,8-15H2,1-2H3. The van der Waals surface area contributed by atoms with Gasteiger partial charge >= 0.3 is 6.09 Å². The number of rotatable bonds is 7. The quantitative estimate of drug-likeness (QED) is 0.687. The van der Waals surface area contributed by atoms with Crippen LogP contribution in [0.5, 0.6) is 0 Å². The van der Waals surface area contributed by atoms with Gasteiger partial charge in [-0.1, -0.05) is 44.2 Å². The molecule has 2 fully saturated rings. The van der Waals surface area contributed by atoms with Gasteiger partial charge < -0.3 is 19.3 Å². The van der Waals surface area contributed by atoms with Gasteiger partial charge in [0.05, 0.1) is 25.8 Å². The number of hydrogen-bond donors (Lipinski definition) is 0. The SMILES string of the molecule is CC(C)CN1CC(OCc2ccccc2)CN(C(=O)CN2CCOC2=O)CC1=O. The lowest BCUT2D eigenvalue weighted by Gasteiger charge is -2.26. The highest BCUT2D eigenvalue weighted by atomic mass is 16.6. The first-order chi connectivity index (χ1) is 13.9. The van der Waals surface area contributed by atoms with Gasteiger partial charge in [0.1, 0.15) is 13.2 Å². The fourth-order valence-electron chi connectivity index (χ4n) is 3.51. The molecule has 1 aromatic rings. The predicted molar refractivity (Wildman–Crippen MR) is 106 cm³/mol. The van der Waals surface area contributed by atoms with Crippen LogP contribution in [0.4, 0.5) is 4.79 Å². The van der Waals surface area contributed by atoms with Crippen molar-refractivity contribution in [2.24, 2.45) is 5.92 Å². The summed E-state index contributed by atoms with van der Waals surface area (Å²) < 4.78 is 11.0. The normalized spacial score (nSPS) is 20.2. The number of benzene rings is 1. The second kappa shape index (κ2) is 9.73. The number of amides is 3. The zero-order valence-electron chi connectivity index (χ0n) is 17.1. The van der Waals surface area contributed by atoms with Gasteiger partial charge in [-0.2, -0.15) is 0 Å². The molecule has 3 amide bonds. The Balaban J connectivity index is 1.68. The van der Waals surface area contributed by atoms with Gasteiger partial charge in [-0.05, 0) is 11.5 Å². The minimum Gasteiger partial charge on any atom is -0.448 e. The van der Waals surface area contributed by atoms with E-state index in [4.69, 9.17) is 9.47 Å². The van der Waals surface area contributed by atoms with Crippen LogP contribution in [0.3, 0.4) is 0 Å². The summed E-state index contributed by atoms with van der Waals surface area (Å²) >= 11 is 0. The number of cyclic esters (lactones) is 1. The molecule has 8 heteroatoms. The molecular weight excluding hydrogens is 374 g/mol. The van der Waals surface area contributed by atoms with Crippen LogP contribution >= 0.6 is 0 Å². The summed E-state index contributed by atoms with van der Waals surface area (Å²) in [6.07, 6.45) is -0.785. The number of hydrogen-bond acceptors (Lipinski definition) is 5. The fraction of sp³-hybridized carbons (Fsp3) is 0.571. The minimum absolute atomic E-state index is 0.000359. The molecule has 2 heterocycles. The van der Waals surface area contributed by atoms with Crippen molar-refractivity contribution in [3.8, 4) is 0 Å². The Morgan fingerprint density at radius 3 is 2.59 bits per heavy atom. The molecule has 0 bridgehead atoms. The summed E-state index contributed by atoms with van der Waals surface area (Å²) in [5.41, 5.74) is 1.04. The van der Waals surface area contributed by atoms with E-state index in [0.717, 1.165) is 5.56 Å². The van der Waals surface area contributed by atoms with E-state index >= 15 is 0 Å². The van der Waals surface area contributed by atoms with Crippen LogP contribution < -0.4 is 0 Å². The van der Waals surface area contributed by atoms with Gasteiger partial charge in [-0.15, -0.1) is 0 Å². The molecule has 1 unspecified atom stereocenters. The van der Waals surface area contributed by atoms with E-state index in [2.05, 4.69) is 13.8 Å². The maximum absolute atomic E-state index is 12.8. The summed E-state index contributed by atoms with van der Waals surface area (Å²) in [6.45, 7) is 6.49. The highest BCUT2D eigenvalue weighted by molar-refractivity contribution is 5.88. The van der Waals surface area contributed by atoms with Crippen molar-refractivity contribution in [2.75, 3.05) is 45.9 Å². The van der Waals surface area contributed by atoms with E-state index < -0.39 is 6.09 Å². The molecule has 1 aromatic carbocycles. The monoisotopic (exact) mass is 403 g/mol. The average molecular weight is 403 g/mol. The molecule has 2 aliphatic heterocycles. The third-order valence-electron chi connectivity index (χ3n) is 4.96. The van der Waals surface area contributed by atoms with Gasteiger partial charge in [0.15, 0.2) is 0 Å². The smallest absolute Gasteiger partial charge is 0.410 e. The van der Waals surface area contributed by atoms with E-state index in [-0.39, 0.29) is 37.6 Å². The topological polar surface area (TPSA) is 79.4 Å². The zero-order chi connectivity index (χ0) is 20.8. The molecule has 8 nitrogen and oxygen atoms in total. The third kappa shape index (κ3) is 5.93. The Labute approximate surface area is 171 Å². The summed E-state index contributed by atoms with van der Waals surface area (Å²) in [4.78, 5) is 41.9. The average Bonchev–Trinajstić information content (AvgIpc) is 3.02. The Kier molecular flexibility index (Phi) is 7.09. The summed E-state index contributed by atoms with van der Waals surface area (Å²) in [5.74, 6) is -0.0471. The molecular formula is C21H29N3O5. The summed E-state index contributed by atoms with van der Waals surface area (Å²) in [5, 5.41) is 0. The Bertz CT molecular complexity index is 724. The van der Waals surface area contributed by atoms with E-state index in [1.165, 1.54) is 9.80 Å². The van der Waals surface area contributed by atoms with Gasteiger partial charge in [-0.25, -0.2) is 4.79 Å². The molecule has 3 rings (SSSR count). The molecule has 158 valence electrons. The molecule has 2 saturated heterocycles. The lowest BCUT2D eigenvalue weighted by molar-refractivity contribution is -0.139. The largest absolute Gasteiger partial charge is 0.448 e. The maximum atomic E-state index is 12.8. The highest BCUT2D eigenvalue weighted by Crippen LogP contribution is 2.14. The number of ether oxygens (including phenoxy) is 2. The second-order valence-corrected chi connectivity index (χ2v) is 7.92. The molecule has 2 aliphatic rings. The lowest BCUT2D eigenvalue weighted by atomic mass is 10.2. The van der Waals surface area contributed by atoms with Crippen LogP contribution in [0.25, 0.3) is 0 Å². The van der Waals surface area contributed by atoms with Crippen molar-refractivity contribution < 1.29 is 23.9 Å². The first kappa shape index (κ1) is 21.1. The number of carbonyl (C=O) groups is 3. The summed E-state index contributed by atoms with van der Waals surface area (Å²) in [6, 6.07) is 9.81. The van der Waals surface area contributed by atoms with Gasteiger partial charge in [-0.3, -0.25) is 14.5 Å². The van der Waals surface area contributed by atoms with E-state index in [1.807, 2.05) is 30.3 Å². The van der Waals surface area contributed by atoms with Crippen molar-refractivity contribution in [1.29, 1.82) is 0 Å². The minimum atomic E-state index is -0.488. The molecule has 0 aromatic heterocycles. The van der Waals surface area contributed by atoms with Crippen molar-refractivity contribution in [3.05, 3.63) is 35.9 Å². The van der Waals surface area contributed by atoms with Crippen LogP contribution in [0.2, 0.25) is 0 Å². The van der Waals surface area contributed by atoms with Gasteiger partial charge in [0.2, 0.25) is 11.8 Å². The molecule has 0 aliphatic carbocycles. The molecule has 29 heavy (non-hydrogen) atoms. The van der Waals surface area contributed by atoms with Crippen LogP contribution in [-0.2, 0) is 25.7 Å². The third-order valence-corrected chi connectivity index (χ3v) is 4.96. The van der Waals surface area contributed by atoms with E-state index in [0.29, 0.717) is 38.7 Å². The maximum Gasteiger partial charge on any atom is 0.410 e. The molecule has 0 saturated carbocycles. The Morgan fingerprint density at radius 1 is 1.17 bits per heavy atom. The van der Waals surface area contributed by atoms with Crippen LogP contribution in [0.1, 0.15) is 19.4 Å². The predicted octanol–water partition coefficient (Wildman–Crippen LogP) is 1.35. The van der Waals surface area contributed by atoms with Crippen molar-refractivity contribution >= 4 is 17.9 Å². The molecule has 0 radical (unpaired) electrons. The molecule has 0 spiro atoms. The van der Waals surface area contributed by atoms with Crippen molar-refractivity contribution in [1.82, 2.24) is 14.7 Å². The summed E-state index contributed by atoms with van der Waals surface area (Å²) in [7, 11) is 0. The number of carbonyl (C=O) groups excluding carboxylic acids is 3. The van der Waals surface area contributed by atoms with Crippen LogP contribution in [0.15, 0.2) is 30.3 Å². The molecule has 0 N–H and O–H groups in total. The van der Waals surface area contributed by atoms with Crippen molar-refractivity contribution in [3.63, 3.8) is 0 Å². The Hall–Kier alpha value is -2.61. The number of nitrogens with zero attached hydrogens (tertiary/aromatic N) is 3. The van der Waals surface area contributed by atoms with E-state index in [1.54, 1.807) is 4.90 Å². The second-order valence-electron chi connectivity index (χ2n) is 7.92. The zero-order valence-corrected chi connectivity index (χ0v) is 17.1. The first-order valence-corrected chi connectivity index (χ1v) is 10.0. The van der Waals surface area contributed by atoms with Crippen LogP contribution in [0, 0.1) is 5.92 Å². The first-order valence-electron chi connectivity index (χ1n) is 10.0. The van der Waals surface area contributed by atoms with Gasteiger partial charge in [0.25, 0.3) is 0 Å². The van der Waals surface area contributed by atoms with Gasteiger partial charge in [0, 0.05) is 19.6 Å².